The lowest BCUT2D eigenvalue weighted by Gasteiger charge is -2.20. The molecule has 0 bridgehead atoms. The Morgan fingerprint density at radius 3 is 2.95 bits per heavy atom. The van der Waals surface area contributed by atoms with Crippen LogP contribution in [0, 0.1) is 0 Å². The SMILES string of the molecule is C=CCN(C)c1cc2c(cc1Br)C(NCC)C(=O)N2. The summed E-state index contributed by atoms with van der Waals surface area (Å²) < 4.78 is 0.981. The van der Waals surface area contributed by atoms with E-state index in [2.05, 4.69) is 38.0 Å². The highest BCUT2D eigenvalue weighted by Crippen LogP contribution is 2.38. The first kappa shape index (κ1) is 14.1. The van der Waals surface area contributed by atoms with Crippen molar-refractivity contribution in [2.24, 2.45) is 0 Å². The number of nitrogens with zero attached hydrogens (tertiary/aromatic N) is 1. The second-order valence-corrected chi connectivity index (χ2v) is 5.39. The molecular weight excluding hydrogens is 306 g/mol. The van der Waals surface area contributed by atoms with E-state index in [-0.39, 0.29) is 11.9 Å². The van der Waals surface area contributed by atoms with E-state index in [1.165, 1.54) is 0 Å². The van der Waals surface area contributed by atoms with E-state index >= 15 is 0 Å². The molecule has 2 rings (SSSR count). The van der Waals surface area contributed by atoms with Crippen LogP contribution in [0.25, 0.3) is 0 Å². The van der Waals surface area contributed by atoms with Crippen LogP contribution in [0.1, 0.15) is 18.5 Å². The van der Waals surface area contributed by atoms with E-state index < -0.39 is 0 Å². The number of fused-ring (bicyclic) bond motifs is 1. The molecule has 1 heterocycles. The molecule has 1 aliphatic heterocycles. The van der Waals surface area contributed by atoms with Gasteiger partial charge in [-0.3, -0.25) is 4.79 Å². The molecule has 1 aromatic rings. The molecule has 0 fully saturated rings. The summed E-state index contributed by atoms with van der Waals surface area (Å²) in [5.41, 5.74) is 2.91. The summed E-state index contributed by atoms with van der Waals surface area (Å²) >= 11 is 3.58. The highest BCUT2D eigenvalue weighted by Gasteiger charge is 2.30. The average Bonchev–Trinajstić information content (AvgIpc) is 2.66. The van der Waals surface area contributed by atoms with E-state index in [1.807, 2.05) is 32.2 Å². The minimum absolute atomic E-state index is 0.00673. The highest BCUT2D eigenvalue weighted by atomic mass is 79.9. The maximum Gasteiger partial charge on any atom is 0.246 e. The van der Waals surface area contributed by atoms with E-state index in [4.69, 9.17) is 0 Å². The first-order chi connectivity index (χ1) is 9.08. The van der Waals surface area contributed by atoms with Crippen LogP contribution in [0.5, 0.6) is 0 Å². The zero-order valence-electron chi connectivity index (χ0n) is 11.2. The van der Waals surface area contributed by atoms with Crippen molar-refractivity contribution in [1.29, 1.82) is 0 Å². The van der Waals surface area contributed by atoms with E-state index in [1.54, 1.807) is 0 Å². The Kier molecular flexibility index (Phi) is 4.27. The summed E-state index contributed by atoms with van der Waals surface area (Å²) in [7, 11) is 1.99. The molecule has 1 unspecified atom stereocenters. The average molecular weight is 324 g/mol. The molecule has 0 radical (unpaired) electrons. The molecule has 5 heteroatoms. The molecule has 0 aromatic heterocycles. The van der Waals surface area contributed by atoms with Gasteiger partial charge in [0.25, 0.3) is 0 Å². The van der Waals surface area contributed by atoms with Gasteiger partial charge in [-0.05, 0) is 34.6 Å². The molecule has 1 atom stereocenters. The Labute approximate surface area is 122 Å². The van der Waals surface area contributed by atoms with Gasteiger partial charge in [-0.1, -0.05) is 13.0 Å². The van der Waals surface area contributed by atoms with Crippen molar-refractivity contribution >= 4 is 33.2 Å². The predicted molar refractivity (Wildman–Crippen MR) is 82.7 cm³/mol. The maximum atomic E-state index is 11.9. The predicted octanol–water partition coefficient (Wildman–Crippen LogP) is 2.67. The summed E-state index contributed by atoms with van der Waals surface area (Å²) in [6.07, 6.45) is 1.85. The van der Waals surface area contributed by atoms with E-state index in [9.17, 15) is 4.79 Å². The molecule has 102 valence electrons. The van der Waals surface area contributed by atoms with Gasteiger partial charge in [-0.2, -0.15) is 0 Å². The minimum Gasteiger partial charge on any atom is -0.370 e. The molecule has 1 amide bonds. The topological polar surface area (TPSA) is 44.4 Å². The Bertz CT molecular complexity index is 516. The molecule has 0 saturated heterocycles. The number of nitrogens with one attached hydrogen (secondary N) is 2. The Balaban J connectivity index is 2.38. The van der Waals surface area contributed by atoms with Crippen LogP contribution < -0.4 is 15.5 Å². The van der Waals surface area contributed by atoms with Gasteiger partial charge in [-0.25, -0.2) is 0 Å². The minimum atomic E-state index is -0.255. The molecule has 1 aliphatic rings. The Hall–Kier alpha value is -1.33. The third kappa shape index (κ3) is 2.67. The summed E-state index contributed by atoms with van der Waals surface area (Å²) in [4.78, 5) is 14.0. The van der Waals surface area contributed by atoms with Crippen LogP contribution in [0.2, 0.25) is 0 Å². The smallest absolute Gasteiger partial charge is 0.246 e. The van der Waals surface area contributed by atoms with Gasteiger partial charge in [-0.15, -0.1) is 6.58 Å². The van der Waals surface area contributed by atoms with Crippen LogP contribution >= 0.6 is 15.9 Å². The molecule has 19 heavy (non-hydrogen) atoms. The largest absolute Gasteiger partial charge is 0.370 e. The number of hydrogen-bond donors (Lipinski definition) is 2. The zero-order valence-corrected chi connectivity index (χ0v) is 12.8. The molecule has 1 aromatic carbocycles. The number of halogens is 1. The van der Waals surface area contributed by atoms with Gasteiger partial charge >= 0.3 is 0 Å². The molecule has 0 saturated carbocycles. The van der Waals surface area contributed by atoms with Crippen molar-refractivity contribution in [1.82, 2.24) is 5.32 Å². The number of hydrogen-bond acceptors (Lipinski definition) is 3. The van der Waals surface area contributed by atoms with Crippen LogP contribution in [0.4, 0.5) is 11.4 Å². The monoisotopic (exact) mass is 323 g/mol. The summed E-state index contributed by atoms with van der Waals surface area (Å²) in [5.74, 6) is 0.00673. The number of rotatable bonds is 5. The highest BCUT2D eigenvalue weighted by molar-refractivity contribution is 9.10. The van der Waals surface area contributed by atoms with Crippen molar-refractivity contribution in [2.45, 2.75) is 13.0 Å². The zero-order chi connectivity index (χ0) is 14.0. The fraction of sp³-hybridized carbons (Fsp3) is 0.357. The lowest BCUT2D eigenvalue weighted by Crippen LogP contribution is -2.27. The van der Waals surface area contributed by atoms with Crippen LogP contribution in [0.3, 0.4) is 0 Å². The number of benzene rings is 1. The maximum absolute atomic E-state index is 11.9. The Morgan fingerprint density at radius 2 is 2.32 bits per heavy atom. The lowest BCUT2D eigenvalue weighted by molar-refractivity contribution is -0.117. The van der Waals surface area contributed by atoms with Crippen molar-refractivity contribution in [3.05, 3.63) is 34.8 Å². The number of likely N-dealkylation sites (N-methyl/N-ethyl adjacent to an activating group) is 2. The Morgan fingerprint density at radius 1 is 1.58 bits per heavy atom. The lowest BCUT2D eigenvalue weighted by atomic mass is 10.1. The number of anilines is 2. The standard InChI is InChI=1S/C14H18BrN3O/c1-4-6-18(3)12-8-11-9(7-10(12)15)13(16-5-2)14(19)17-11/h4,7-8,13,16H,1,5-6H2,2-3H3,(H,17,19). The van der Waals surface area contributed by atoms with E-state index in [0.717, 1.165) is 34.5 Å². The second-order valence-electron chi connectivity index (χ2n) is 4.54. The van der Waals surface area contributed by atoms with Crippen LogP contribution in [-0.2, 0) is 4.79 Å². The quantitative estimate of drug-likeness (QED) is 0.819. The van der Waals surface area contributed by atoms with Crippen LogP contribution in [0.15, 0.2) is 29.3 Å². The van der Waals surface area contributed by atoms with Gasteiger partial charge in [0.1, 0.15) is 6.04 Å². The third-order valence-corrected chi connectivity index (χ3v) is 3.81. The second kappa shape index (κ2) is 5.75. The van der Waals surface area contributed by atoms with Gasteiger partial charge in [0.05, 0.1) is 5.69 Å². The fourth-order valence-corrected chi connectivity index (χ4v) is 2.93. The molecular formula is C14H18BrN3O. The number of carbonyl (C=O) groups excluding carboxylic acids is 1. The first-order valence-corrected chi connectivity index (χ1v) is 7.07. The first-order valence-electron chi connectivity index (χ1n) is 6.28. The third-order valence-electron chi connectivity index (χ3n) is 3.17. The summed E-state index contributed by atoms with van der Waals surface area (Å²) in [5, 5.41) is 6.11. The van der Waals surface area contributed by atoms with Gasteiger partial charge in [0.15, 0.2) is 0 Å². The van der Waals surface area contributed by atoms with Gasteiger partial charge in [0, 0.05) is 29.3 Å². The van der Waals surface area contributed by atoms with Gasteiger partial charge < -0.3 is 15.5 Å². The molecule has 2 N–H and O–H groups in total. The molecule has 0 aliphatic carbocycles. The number of carbonyl (C=O) groups is 1. The normalized spacial score (nSPS) is 17.0. The number of amides is 1. The van der Waals surface area contributed by atoms with Crippen molar-refractivity contribution < 1.29 is 4.79 Å². The van der Waals surface area contributed by atoms with Crippen LogP contribution in [-0.4, -0.2) is 26.0 Å². The molecule has 0 spiro atoms. The van der Waals surface area contributed by atoms with Crippen molar-refractivity contribution in [3.63, 3.8) is 0 Å². The van der Waals surface area contributed by atoms with Crippen molar-refractivity contribution in [3.8, 4) is 0 Å². The summed E-state index contributed by atoms with van der Waals surface area (Å²) in [6.45, 7) is 7.24. The summed E-state index contributed by atoms with van der Waals surface area (Å²) in [6, 6.07) is 3.75. The molecule has 4 nitrogen and oxygen atoms in total. The van der Waals surface area contributed by atoms with Gasteiger partial charge in [0.2, 0.25) is 5.91 Å². The fourth-order valence-electron chi connectivity index (χ4n) is 2.26. The van der Waals surface area contributed by atoms with Crippen molar-refractivity contribution in [2.75, 3.05) is 30.4 Å². The van der Waals surface area contributed by atoms with E-state index in [0.29, 0.717) is 0 Å².